The number of ether oxygens (including phenoxy) is 1. The van der Waals surface area contributed by atoms with Crippen LogP contribution in [0.3, 0.4) is 0 Å². The Morgan fingerprint density at radius 2 is 1.71 bits per heavy atom. The van der Waals surface area contributed by atoms with Gasteiger partial charge in [-0.3, -0.25) is 20.4 Å². The summed E-state index contributed by atoms with van der Waals surface area (Å²) in [5, 5.41) is 0.583. The molecule has 0 aliphatic rings. The normalized spacial score (nSPS) is 10.4. The minimum absolute atomic E-state index is 0.219. The molecule has 2 aromatic rings. The SMILES string of the molecule is Cc1ccc(C=CC(=O)NNC(=O)COc2ccc(Cl)cc2)cc1. The lowest BCUT2D eigenvalue weighted by atomic mass is 10.1. The summed E-state index contributed by atoms with van der Waals surface area (Å²) < 4.78 is 5.26. The predicted molar refractivity (Wildman–Crippen MR) is 93.4 cm³/mol. The number of nitrogens with one attached hydrogen (secondary N) is 2. The number of hydrogen-bond donors (Lipinski definition) is 2. The zero-order valence-corrected chi connectivity index (χ0v) is 13.8. The number of aryl methyl sites for hydroxylation is 1. The fraction of sp³-hybridized carbons (Fsp3) is 0.111. The number of carbonyl (C=O) groups is 2. The lowest BCUT2D eigenvalue weighted by molar-refractivity contribution is -0.128. The van der Waals surface area contributed by atoms with Gasteiger partial charge in [0.25, 0.3) is 11.8 Å². The molecule has 0 aromatic heterocycles. The third-order valence-corrected chi connectivity index (χ3v) is 3.27. The Hall–Kier alpha value is -2.79. The number of halogens is 1. The van der Waals surface area contributed by atoms with Gasteiger partial charge in [-0.25, -0.2) is 0 Å². The van der Waals surface area contributed by atoms with Crippen LogP contribution < -0.4 is 15.6 Å². The first kappa shape index (κ1) is 17.6. The van der Waals surface area contributed by atoms with Crippen molar-refractivity contribution >= 4 is 29.5 Å². The molecule has 0 spiro atoms. The highest BCUT2D eigenvalue weighted by atomic mass is 35.5. The molecular formula is C18H17ClN2O3. The molecule has 124 valence electrons. The molecule has 5 nitrogen and oxygen atoms in total. The summed E-state index contributed by atoms with van der Waals surface area (Å²) in [5.41, 5.74) is 6.59. The van der Waals surface area contributed by atoms with E-state index in [-0.39, 0.29) is 6.61 Å². The monoisotopic (exact) mass is 344 g/mol. The Labute approximate surface area is 145 Å². The van der Waals surface area contributed by atoms with E-state index in [4.69, 9.17) is 16.3 Å². The van der Waals surface area contributed by atoms with Crippen LogP contribution in [0.4, 0.5) is 0 Å². The molecule has 0 heterocycles. The summed E-state index contributed by atoms with van der Waals surface area (Å²) in [6.07, 6.45) is 3.00. The topological polar surface area (TPSA) is 67.4 Å². The zero-order chi connectivity index (χ0) is 17.4. The molecule has 0 fully saturated rings. The van der Waals surface area contributed by atoms with E-state index in [9.17, 15) is 9.59 Å². The number of hydrogen-bond acceptors (Lipinski definition) is 3. The minimum atomic E-state index is -0.470. The summed E-state index contributed by atoms with van der Waals surface area (Å²) in [7, 11) is 0. The first-order chi connectivity index (χ1) is 11.5. The third-order valence-electron chi connectivity index (χ3n) is 3.01. The molecule has 0 saturated carbocycles. The van der Waals surface area contributed by atoms with Gasteiger partial charge in [-0.15, -0.1) is 0 Å². The molecule has 0 saturated heterocycles. The van der Waals surface area contributed by atoms with Gasteiger partial charge in [0.05, 0.1) is 0 Å². The Morgan fingerprint density at radius 3 is 2.38 bits per heavy atom. The van der Waals surface area contributed by atoms with Gasteiger partial charge >= 0.3 is 0 Å². The highest BCUT2D eigenvalue weighted by molar-refractivity contribution is 6.30. The third kappa shape index (κ3) is 6.14. The Kier molecular flexibility index (Phi) is 6.40. The molecule has 0 radical (unpaired) electrons. The van der Waals surface area contributed by atoms with E-state index in [0.29, 0.717) is 10.8 Å². The summed E-state index contributed by atoms with van der Waals surface area (Å²) in [6, 6.07) is 14.3. The maximum absolute atomic E-state index is 11.6. The van der Waals surface area contributed by atoms with Crippen LogP contribution in [0, 0.1) is 6.92 Å². The maximum Gasteiger partial charge on any atom is 0.276 e. The van der Waals surface area contributed by atoms with E-state index in [2.05, 4.69) is 10.9 Å². The lowest BCUT2D eigenvalue weighted by Crippen LogP contribution is -2.43. The van der Waals surface area contributed by atoms with Crippen molar-refractivity contribution in [3.63, 3.8) is 0 Å². The molecule has 6 heteroatoms. The predicted octanol–water partition coefficient (Wildman–Crippen LogP) is 2.89. The summed E-state index contributed by atoms with van der Waals surface area (Å²) >= 11 is 5.75. The van der Waals surface area contributed by atoms with Crippen LogP contribution in [0.2, 0.25) is 5.02 Å². The molecule has 0 atom stereocenters. The van der Waals surface area contributed by atoms with E-state index < -0.39 is 11.8 Å². The molecular weight excluding hydrogens is 328 g/mol. The number of amides is 2. The van der Waals surface area contributed by atoms with Gasteiger partial charge < -0.3 is 4.74 Å². The summed E-state index contributed by atoms with van der Waals surface area (Å²) in [4.78, 5) is 23.2. The number of hydrazine groups is 1. The van der Waals surface area contributed by atoms with Crippen LogP contribution in [0.1, 0.15) is 11.1 Å². The lowest BCUT2D eigenvalue weighted by Gasteiger charge is -2.07. The largest absolute Gasteiger partial charge is 0.484 e. The van der Waals surface area contributed by atoms with Crippen LogP contribution in [0.15, 0.2) is 54.6 Å². The zero-order valence-electron chi connectivity index (χ0n) is 13.1. The van der Waals surface area contributed by atoms with Crippen molar-refractivity contribution in [2.24, 2.45) is 0 Å². The second-order valence-corrected chi connectivity index (χ2v) is 5.46. The van der Waals surface area contributed by atoms with E-state index >= 15 is 0 Å². The highest BCUT2D eigenvalue weighted by Crippen LogP contribution is 2.15. The van der Waals surface area contributed by atoms with Crippen LogP contribution in [-0.4, -0.2) is 18.4 Å². The molecule has 2 rings (SSSR count). The van der Waals surface area contributed by atoms with Crippen molar-refractivity contribution in [1.29, 1.82) is 0 Å². The van der Waals surface area contributed by atoms with Gasteiger partial charge in [-0.05, 0) is 42.8 Å². The van der Waals surface area contributed by atoms with Gasteiger partial charge in [-0.1, -0.05) is 41.4 Å². The molecule has 0 bridgehead atoms. The van der Waals surface area contributed by atoms with Gasteiger partial charge in [0, 0.05) is 11.1 Å². The molecule has 24 heavy (non-hydrogen) atoms. The average molecular weight is 345 g/mol. The van der Waals surface area contributed by atoms with Gasteiger partial charge in [-0.2, -0.15) is 0 Å². The first-order valence-electron chi connectivity index (χ1n) is 7.25. The van der Waals surface area contributed by atoms with Crippen LogP contribution in [-0.2, 0) is 9.59 Å². The van der Waals surface area contributed by atoms with Crippen LogP contribution in [0.5, 0.6) is 5.75 Å². The van der Waals surface area contributed by atoms with Crippen LogP contribution in [0.25, 0.3) is 6.08 Å². The van der Waals surface area contributed by atoms with Crippen molar-refractivity contribution in [3.8, 4) is 5.75 Å². The van der Waals surface area contributed by atoms with E-state index in [0.717, 1.165) is 11.1 Å². The highest BCUT2D eigenvalue weighted by Gasteiger charge is 2.03. The molecule has 0 unspecified atom stereocenters. The molecule has 2 N–H and O–H groups in total. The molecule has 2 aromatic carbocycles. The second-order valence-electron chi connectivity index (χ2n) is 5.02. The molecule has 0 aliphatic heterocycles. The quantitative estimate of drug-likeness (QED) is 0.647. The fourth-order valence-corrected chi connectivity index (χ4v) is 1.86. The Bertz CT molecular complexity index is 725. The van der Waals surface area contributed by atoms with Gasteiger partial charge in [0.1, 0.15) is 5.75 Å². The first-order valence-corrected chi connectivity index (χ1v) is 7.62. The minimum Gasteiger partial charge on any atom is -0.484 e. The van der Waals surface area contributed by atoms with Crippen molar-refractivity contribution in [1.82, 2.24) is 10.9 Å². The van der Waals surface area contributed by atoms with Crippen molar-refractivity contribution in [3.05, 3.63) is 70.8 Å². The van der Waals surface area contributed by atoms with Gasteiger partial charge in [0.15, 0.2) is 6.61 Å². The Balaban J connectivity index is 1.71. The Morgan fingerprint density at radius 1 is 1.04 bits per heavy atom. The molecule has 0 aliphatic carbocycles. The van der Waals surface area contributed by atoms with E-state index in [1.165, 1.54) is 6.08 Å². The second kappa shape index (κ2) is 8.74. The van der Waals surface area contributed by atoms with Gasteiger partial charge in [0.2, 0.25) is 0 Å². The fourth-order valence-electron chi connectivity index (χ4n) is 1.74. The number of rotatable bonds is 5. The number of carbonyl (C=O) groups excluding carboxylic acids is 2. The average Bonchev–Trinajstić information content (AvgIpc) is 2.59. The standard InChI is InChI=1S/C18H17ClN2O3/c1-13-2-4-14(5-3-13)6-11-17(22)20-21-18(23)12-24-16-9-7-15(19)8-10-16/h2-11H,12H2,1H3,(H,20,22)(H,21,23). The summed E-state index contributed by atoms with van der Waals surface area (Å²) in [6.45, 7) is 1.77. The summed E-state index contributed by atoms with van der Waals surface area (Å²) in [5.74, 6) is -0.391. The smallest absolute Gasteiger partial charge is 0.276 e. The van der Waals surface area contributed by atoms with Crippen molar-refractivity contribution in [2.75, 3.05) is 6.61 Å². The van der Waals surface area contributed by atoms with E-state index in [1.807, 2.05) is 31.2 Å². The molecule has 2 amide bonds. The maximum atomic E-state index is 11.6. The van der Waals surface area contributed by atoms with E-state index in [1.54, 1.807) is 30.3 Å². The van der Waals surface area contributed by atoms with Crippen LogP contribution >= 0.6 is 11.6 Å². The number of benzene rings is 2. The van der Waals surface area contributed by atoms with Crippen molar-refractivity contribution < 1.29 is 14.3 Å². The van der Waals surface area contributed by atoms with Crippen molar-refractivity contribution in [2.45, 2.75) is 6.92 Å².